The number of nitrogens with zero attached hydrogens (tertiary/aromatic N) is 1. The van der Waals surface area contributed by atoms with E-state index >= 15 is 0 Å². The maximum absolute atomic E-state index is 2.59. The predicted octanol–water partition coefficient (Wildman–Crippen LogP) is 16.5. The standard InChI is InChI=1S/C63H51N/c1-37-34-58(40(4)31-55(37)61-49-25-13-7-19-43(49)44-20-8-14-26-50(44)61)64(59-35-38(2)56(32-41(59)5)62-51-27-15-9-21-45(51)46-22-10-16-28-52(46)62)60-36-39(3)57(33-42(60)6)63-53-29-17-11-23-47(53)48-24-12-18-30-54(48)63/h7-36,61-63H,1-6H3. The molecule has 1 nitrogen and oxygen atoms in total. The van der Waals surface area contributed by atoms with Gasteiger partial charge < -0.3 is 4.90 Å². The fourth-order valence-corrected chi connectivity index (χ4v) is 12.0. The number of hydrogen-bond donors (Lipinski definition) is 0. The molecular formula is C63H51N. The monoisotopic (exact) mass is 821 g/mol. The third-order valence-corrected chi connectivity index (χ3v) is 14.9. The Kier molecular flexibility index (Phi) is 8.82. The minimum atomic E-state index is 0.189. The van der Waals surface area contributed by atoms with Gasteiger partial charge in [-0.05, 0) is 177 Å². The molecular weight excluding hydrogens is 771 g/mol. The molecule has 0 saturated carbocycles. The van der Waals surface area contributed by atoms with Gasteiger partial charge >= 0.3 is 0 Å². The van der Waals surface area contributed by atoms with Crippen LogP contribution in [0.15, 0.2) is 182 Å². The second kappa shape index (κ2) is 14.7. The lowest BCUT2D eigenvalue weighted by Crippen LogP contribution is -2.17. The smallest absolute Gasteiger partial charge is 0.0493 e. The zero-order chi connectivity index (χ0) is 43.4. The molecule has 9 aromatic carbocycles. The molecule has 12 rings (SSSR count). The summed E-state index contributed by atoms with van der Waals surface area (Å²) in [7, 11) is 0. The second-order valence-electron chi connectivity index (χ2n) is 18.6. The van der Waals surface area contributed by atoms with Gasteiger partial charge in [-0.15, -0.1) is 0 Å². The molecule has 0 fully saturated rings. The summed E-state index contributed by atoms with van der Waals surface area (Å²) < 4.78 is 0. The fraction of sp³-hybridized carbons (Fsp3) is 0.143. The minimum Gasteiger partial charge on any atom is -0.310 e. The van der Waals surface area contributed by atoms with Crippen LogP contribution >= 0.6 is 0 Å². The Balaban J connectivity index is 1.04. The van der Waals surface area contributed by atoms with Crippen molar-refractivity contribution in [3.05, 3.63) is 265 Å². The number of fused-ring (bicyclic) bond motifs is 9. The van der Waals surface area contributed by atoms with Crippen molar-refractivity contribution in [1.82, 2.24) is 0 Å². The van der Waals surface area contributed by atoms with Crippen molar-refractivity contribution in [2.24, 2.45) is 0 Å². The van der Waals surface area contributed by atoms with Crippen LogP contribution in [0.1, 0.15) is 101 Å². The lowest BCUT2D eigenvalue weighted by molar-refractivity contribution is 0.982. The van der Waals surface area contributed by atoms with E-state index in [2.05, 4.69) is 228 Å². The molecule has 1 heteroatoms. The highest BCUT2D eigenvalue weighted by molar-refractivity contribution is 5.88. The zero-order valence-corrected chi connectivity index (χ0v) is 37.5. The largest absolute Gasteiger partial charge is 0.310 e. The van der Waals surface area contributed by atoms with E-state index < -0.39 is 0 Å². The molecule has 0 bridgehead atoms. The molecule has 0 amide bonds. The number of anilines is 3. The summed E-state index contributed by atoms with van der Waals surface area (Å²) in [5.41, 5.74) is 32.0. The maximum Gasteiger partial charge on any atom is 0.0493 e. The van der Waals surface area contributed by atoms with Crippen LogP contribution < -0.4 is 4.90 Å². The lowest BCUT2D eigenvalue weighted by atomic mass is 9.84. The van der Waals surface area contributed by atoms with Gasteiger partial charge in [0.05, 0.1) is 0 Å². The predicted molar refractivity (Wildman–Crippen MR) is 268 cm³/mol. The average Bonchev–Trinajstić information content (AvgIpc) is 3.95. The summed E-state index contributed by atoms with van der Waals surface area (Å²) >= 11 is 0. The number of aryl methyl sites for hydroxylation is 6. The highest BCUT2D eigenvalue weighted by atomic mass is 15.1. The van der Waals surface area contributed by atoms with Crippen LogP contribution in [0.3, 0.4) is 0 Å². The lowest BCUT2D eigenvalue weighted by Gasteiger charge is -2.33. The van der Waals surface area contributed by atoms with Crippen LogP contribution in [0.25, 0.3) is 33.4 Å². The molecule has 0 radical (unpaired) electrons. The number of benzene rings is 9. The first-order valence-corrected chi connectivity index (χ1v) is 22.9. The minimum absolute atomic E-state index is 0.189. The van der Waals surface area contributed by atoms with Gasteiger partial charge in [0, 0.05) is 34.8 Å². The summed E-state index contributed by atoms with van der Waals surface area (Å²) in [6.45, 7) is 13.9. The van der Waals surface area contributed by atoms with Gasteiger partial charge in [-0.2, -0.15) is 0 Å². The van der Waals surface area contributed by atoms with E-state index in [0.717, 1.165) is 0 Å². The summed E-state index contributed by atoms with van der Waals surface area (Å²) in [6, 6.07) is 68.9. The van der Waals surface area contributed by atoms with Crippen LogP contribution in [0.4, 0.5) is 17.1 Å². The molecule has 0 saturated heterocycles. The van der Waals surface area contributed by atoms with Crippen LogP contribution in [0, 0.1) is 41.5 Å². The Bertz CT molecular complexity index is 2890. The average molecular weight is 822 g/mol. The summed E-state index contributed by atoms with van der Waals surface area (Å²) in [5, 5.41) is 0. The number of hydrogen-bond acceptors (Lipinski definition) is 1. The maximum atomic E-state index is 2.59. The van der Waals surface area contributed by atoms with Gasteiger partial charge in [0.1, 0.15) is 0 Å². The summed E-state index contributed by atoms with van der Waals surface area (Å²) in [5.74, 6) is 0.568. The molecule has 0 spiro atoms. The number of rotatable bonds is 6. The van der Waals surface area contributed by atoms with Crippen LogP contribution in [-0.4, -0.2) is 0 Å². The Hall–Kier alpha value is -7.22. The molecule has 0 heterocycles. The van der Waals surface area contributed by atoms with Crippen LogP contribution in [0.5, 0.6) is 0 Å². The topological polar surface area (TPSA) is 3.24 Å². The molecule has 0 atom stereocenters. The van der Waals surface area contributed by atoms with E-state index in [0.29, 0.717) is 0 Å². The van der Waals surface area contributed by atoms with E-state index in [1.165, 1.54) is 134 Å². The van der Waals surface area contributed by atoms with E-state index in [1.54, 1.807) is 0 Å². The highest BCUT2D eigenvalue weighted by Gasteiger charge is 2.35. The van der Waals surface area contributed by atoms with Crippen molar-refractivity contribution in [1.29, 1.82) is 0 Å². The second-order valence-corrected chi connectivity index (χ2v) is 18.6. The zero-order valence-electron chi connectivity index (χ0n) is 37.5. The van der Waals surface area contributed by atoms with Crippen LogP contribution in [-0.2, 0) is 0 Å². The SMILES string of the molecule is Cc1cc(N(c2cc(C)c(C3c4ccccc4-c4ccccc43)cc2C)c2cc(C)c(C3c4ccccc4-c4ccccc43)cc2C)c(C)cc1C1c2ccccc2-c2ccccc21. The third kappa shape index (κ3) is 5.70. The molecule has 64 heavy (non-hydrogen) atoms. The van der Waals surface area contributed by atoms with Crippen molar-refractivity contribution < 1.29 is 0 Å². The van der Waals surface area contributed by atoms with E-state index in [-0.39, 0.29) is 17.8 Å². The normalized spacial score (nSPS) is 13.6. The van der Waals surface area contributed by atoms with Gasteiger partial charge in [-0.25, -0.2) is 0 Å². The Morgan fingerprint density at radius 1 is 0.234 bits per heavy atom. The third-order valence-electron chi connectivity index (χ3n) is 14.9. The first-order chi connectivity index (χ1) is 31.3. The first-order valence-electron chi connectivity index (χ1n) is 22.9. The fourth-order valence-electron chi connectivity index (χ4n) is 12.0. The van der Waals surface area contributed by atoms with Gasteiger partial charge in [0.25, 0.3) is 0 Å². The van der Waals surface area contributed by atoms with Crippen molar-refractivity contribution in [3.8, 4) is 33.4 Å². The van der Waals surface area contributed by atoms with Crippen molar-refractivity contribution in [3.63, 3.8) is 0 Å². The molecule has 3 aliphatic rings. The van der Waals surface area contributed by atoms with E-state index in [9.17, 15) is 0 Å². The Morgan fingerprint density at radius 3 is 0.656 bits per heavy atom. The van der Waals surface area contributed by atoms with Crippen molar-refractivity contribution in [2.45, 2.75) is 59.3 Å². The van der Waals surface area contributed by atoms with Gasteiger partial charge in [0.15, 0.2) is 0 Å². The Labute approximate surface area is 378 Å². The molecule has 0 aromatic heterocycles. The summed E-state index contributed by atoms with van der Waals surface area (Å²) in [6.07, 6.45) is 0. The summed E-state index contributed by atoms with van der Waals surface area (Å²) in [4.78, 5) is 2.59. The van der Waals surface area contributed by atoms with E-state index in [1.807, 2.05) is 0 Å². The molecule has 0 N–H and O–H groups in total. The molecule has 0 unspecified atom stereocenters. The first kappa shape index (κ1) is 38.5. The van der Waals surface area contributed by atoms with Gasteiger partial charge in [0.2, 0.25) is 0 Å². The molecule has 308 valence electrons. The van der Waals surface area contributed by atoms with E-state index in [4.69, 9.17) is 0 Å². The van der Waals surface area contributed by atoms with Gasteiger partial charge in [-0.1, -0.05) is 164 Å². The highest BCUT2D eigenvalue weighted by Crippen LogP contribution is 2.54. The molecule has 3 aliphatic carbocycles. The quantitative estimate of drug-likeness (QED) is 0.161. The Morgan fingerprint density at radius 2 is 0.438 bits per heavy atom. The molecule has 0 aliphatic heterocycles. The molecule has 9 aromatic rings. The van der Waals surface area contributed by atoms with Crippen molar-refractivity contribution in [2.75, 3.05) is 4.90 Å². The van der Waals surface area contributed by atoms with Gasteiger partial charge in [-0.3, -0.25) is 0 Å². The van der Waals surface area contributed by atoms with Crippen LogP contribution in [0.2, 0.25) is 0 Å². The van der Waals surface area contributed by atoms with Crippen molar-refractivity contribution >= 4 is 17.1 Å².